The Morgan fingerprint density at radius 1 is 0.357 bits per heavy atom. The van der Waals surface area contributed by atoms with Gasteiger partial charge in [-0.1, -0.05) is 152 Å². The van der Waals surface area contributed by atoms with Gasteiger partial charge in [-0.3, -0.25) is 0 Å². The topological polar surface area (TPSA) is 51.8 Å². The van der Waals surface area contributed by atoms with Gasteiger partial charge in [0.15, 0.2) is 17.1 Å². The third-order valence-corrected chi connectivity index (χ3v) is 12.3. The summed E-state index contributed by atoms with van der Waals surface area (Å²) in [4.78, 5) is 16.1. The Bertz CT molecular complexity index is 3520. The molecular weight excluding hydrogens is 683 g/mol. The molecule has 56 heavy (non-hydrogen) atoms. The monoisotopic (exact) mass is 711 g/mol. The maximum absolute atomic E-state index is 6.50. The van der Waals surface area contributed by atoms with Crippen LogP contribution in [0.5, 0.6) is 0 Å². The lowest BCUT2D eigenvalue weighted by Crippen LogP contribution is -2.25. The van der Waals surface area contributed by atoms with Crippen LogP contribution in [0.2, 0.25) is 0 Å². The summed E-state index contributed by atoms with van der Waals surface area (Å²) < 4.78 is 6.50. The van der Waals surface area contributed by atoms with Gasteiger partial charge in [-0.25, -0.2) is 15.0 Å². The second kappa shape index (κ2) is 10.8. The third kappa shape index (κ3) is 3.80. The maximum Gasteiger partial charge on any atom is 0.164 e. The molecule has 1 spiro atoms. The lowest BCUT2D eigenvalue weighted by Gasteiger charge is -2.30. The van der Waals surface area contributed by atoms with Gasteiger partial charge in [-0.2, -0.15) is 0 Å². The van der Waals surface area contributed by atoms with E-state index in [9.17, 15) is 0 Å². The maximum atomic E-state index is 6.50. The van der Waals surface area contributed by atoms with Gasteiger partial charge in [0.2, 0.25) is 0 Å². The van der Waals surface area contributed by atoms with Gasteiger partial charge in [0.05, 0.1) is 5.41 Å². The molecule has 8 aromatic carbocycles. The van der Waals surface area contributed by atoms with Crippen LogP contribution in [0.25, 0.3) is 99.2 Å². The minimum absolute atomic E-state index is 0.468. The second-order valence-corrected chi connectivity index (χ2v) is 15.0. The first-order valence-electron chi connectivity index (χ1n) is 19.1. The molecule has 0 N–H and O–H groups in total. The predicted octanol–water partition coefficient (Wildman–Crippen LogP) is 13.0. The van der Waals surface area contributed by atoms with Crippen LogP contribution in [-0.2, 0) is 5.41 Å². The highest BCUT2D eigenvalue weighted by Crippen LogP contribution is 2.63. The number of hydrogen-bond acceptors (Lipinski definition) is 4. The number of aromatic nitrogens is 3. The van der Waals surface area contributed by atoms with Gasteiger partial charge >= 0.3 is 0 Å². The van der Waals surface area contributed by atoms with E-state index >= 15 is 0 Å². The van der Waals surface area contributed by atoms with Crippen molar-refractivity contribution in [3.8, 4) is 33.6 Å². The SMILES string of the molecule is c1ccc2c(c1)-c1ccccc1C21c2ccccc2-c2c(-c3nc4nc(n3)c3cccc5oc6ccc(cc6c53)c3ccccc3c3cccc4c3)cccc21. The Balaban J connectivity index is 1.20. The van der Waals surface area contributed by atoms with E-state index in [0.717, 1.165) is 65.4 Å². The highest BCUT2D eigenvalue weighted by Gasteiger charge is 2.52. The van der Waals surface area contributed by atoms with Crippen LogP contribution >= 0.6 is 0 Å². The zero-order valence-corrected chi connectivity index (χ0v) is 30.0. The Kier molecular flexibility index (Phi) is 5.80. The van der Waals surface area contributed by atoms with Crippen LogP contribution in [0.1, 0.15) is 22.3 Å². The summed E-state index contributed by atoms with van der Waals surface area (Å²) in [7, 11) is 0. The summed E-state index contributed by atoms with van der Waals surface area (Å²) >= 11 is 0. The number of benzene rings is 8. The molecule has 0 fully saturated rings. The van der Waals surface area contributed by atoms with E-state index in [2.05, 4.69) is 164 Å². The van der Waals surface area contributed by atoms with Crippen LogP contribution in [0, 0.1) is 0 Å². The first-order valence-corrected chi connectivity index (χ1v) is 19.1. The minimum atomic E-state index is -0.468. The van der Waals surface area contributed by atoms with Crippen molar-refractivity contribution < 1.29 is 4.42 Å². The molecule has 0 saturated carbocycles. The van der Waals surface area contributed by atoms with E-state index in [1.165, 1.54) is 38.9 Å². The first-order chi connectivity index (χ1) is 27.8. The fraction of sp³-hybridized carbons (Fsp3) is 0.0192. The normalized spacial score (nSPS) is 13.5. The predicted molar refractivity (Wildman–Crippen MR) is 228 cm³/mol. The molecule has 3 aromatic heterocycles. The van der Waals surface area contributed by atoms with E-state index in [-0.39, 0.29) is 0 Å². The molecule has 0 atom stereocenters. The summed E-state index contributed by atoms with van der Waals surface area (Å²) in [5.41, 5.74) is 13.5. The number of rotatable bonds is 1. The average Bonchev–Trinajstić information content (AvgIpc) is 3.90. The number of nitrogens with zero attached hydrogens (tertiary/aromatic N) is 3. The third-order valence-electron chi connectivity index (χ3n) is 12.3. The van der Waals surface area contributed by atoms with Crippen LogP contribution in [0.3, 0.4) is 0 Å². The number of hydrogen-bond donors (Lipinski definition) is 0. The van der Waals surface area contributed by atoms with Crippen molar-refractivity contribution in [3.05, 3.63) is 198 Å². The van der Waals surface area contributed by atoms with Gasteiger partial charge < -0.3 is 4.42 Å². The fourth-order valence-electron chi connectivity index (χ4n) is 10.1. The van der Waals surface area contributed by atoms with Crippen molar-refractivity contribution >= 4 is 65.6 Å². The van der Waals surface area contributed by atoms with Crippen molar-refractivity contribution in [2.75, 3.05) is 0 Å². The van der Waals surface area contributed by atoms with E-state index in [1.807, 2.05) is 12.1 Å². The Hall–Kier alpha value is -7.43. The standard InChI is InChI=1S/C52H29N3O/c1-2-15-34-31-26-27-45-40(29-31)48-39(20-11-25-46(48)56-45)51-54-49(32-13-9-12-30(28-32)33(34)14-1)53-50(55-51)38-19-10-24-44-47(38)37-18-5-8-23-43(37)52(44)41-21-6-3-16-35(41)36-17-4-7-22-42(36)52/h1-29H. The van der Waals surface area contributed by atoms with Crippen LogP contribution in [-0.4, -0.2) is 15.0 Å². The molecule has 4 nitrogen and oxygen atoms in total. The molecule has 0 radical (unpaired) electrons. The minimum Gasteiger partial charge on any atom is -0.456 e. The highest BCUT2D eigenvalue weighted by atomic mass is 16.3. The Morgan fingerprint density at radius 2 is 0.929 bits per heavy atom. The smallest absolute Gasteiger partial charge is 0.164 e. The van der Waals surface area contributed by atoms with Gasteiger partial charge in [-0.15, -0.1) is 0 Å². The highest BCUT2D eigenvalue weighted by molar-refractivity contribution is 6.19. The molecule has 0 aliphatic heterocycles. The van der Waals surface area contributed by atoms with E-state index < -0.39 is 5.41 Å². The van der Waals surface area contributed by atoms with Crippen LogP contribution in [0.15, 0.2) is 180 Å². The van der Waals surface area contributed by atoms with Crippen molar-refractivity contribution in [2.24, 2.45) is 0 Å². The molecule has 0 unspecified atom stereocenters. The number of fused-ring (bicyclic) bond motifs is 20. The lowest BCUT2D eigenvalue weighted by atomic mass is 9.70. The zero-order valence-electron chi connectivity index (χ0n) is 30.0. The molecule has 6 bridgehead atoms. The summed E-state index contributed by atoms with van der Waals surface area (Å²) in [5, 5.41) is 8.41. The summed E-state index contributed by atoms with van der Waals surface area (Å²) in [6.45, 7) is 0. The molecule has 258 valence electrons. The van der Waals surface area contributed by atoms with Crippen LogP contribution < -0.4 is 0 Å². The van der Waals surface area contributed by atoms with Gasteiger partial charge in [0, 0.05) is 27.1 Å². The summed E-state index contributed by atoms with van der Waals surface area (Å²) in [5.74, 6) is 0.638. The summed E-state index contributed by atoms with van der Waals surface area (Å²) in [6.07, 6.45) is 0. The van der Waals surface area contributed by atoms with Gasteiger partial charge in [-0.05, 0) is 90.3 Å². The quantitative estimate of drug-likeness (QED) is 0.170. The Labute approximate surface area is 321 Å². The van der Waals surface area contributed by atoms with Crippen molar-refractivity contribution in [3.63, 3.8) is 0 Å². The van der Waals surface area contributed by atoms with Crippen molar-refractivity contribution in [2.45, 2.75) is 5.41 Å². The largest absolute Gasteiger partial charge is 0.456 e. The second-order valence-electron chi connectivity index (χ2n) is 15.0. The van der Waals surface area contributed by atoms with Gasteiger partial charge in [0.1, 0.15) is 11.2 Å². The van der Waals surface area contributed by atoms with Crippen molar-refractivity contribution in [1.82, 2.24) is 15.0 Å². The fourth-order valence-corrected chi connectivity index (χ4v) is 10.1. The molecule has 3 heterocycles. The van der Waals surface area contributed by atoms with E-state index in [0.29, 0.717) is 17.1 Å². The molecule has 11 aromatic rings. The summed E-state index contributed by atoms with van der Waals surface area (Å²) in [6, 6.07) is 63.3. The zero-order chi connectivity index (χ0) is 36.5. The molecular formula is C52H29N3O. The number of furan rings is 1. The molecule has 13 rings (SSSR count). The first kappa shape index (κ1) is 30.0. The lowest BCUT2D eigenvalue weighted by molar-refractivity contribution is 0.669. The van der Waals surface area contributed by atoms with Crippen molar-refractivity contribution in [1.29, 1.82) is 0 Å². The van der Waals surface area contributed by atoms with Gasteiger partial charge in [0.25, 0.3) is 0 Å². The molecule has 0 amide bonds. The Morgan fingerprint density at radius 3 is 1.71 bits per heavy atom. The van der Waals surface area contributed by atoms with E-state index in [1.54, 1.807) is 0 Å². The molecule has 2 aliphatic rings. The molecule has 4 heteroatoms. The molecule has 2 aliphatic carbocycles. The average molecular weight is 712 g/mol. The van der Waals surface area contributed by atoms with Crippen LogP contribution in [0.4, 0.5) is 0 Å². The molecule has 0 saturated heterocycles. The van der Waals surface area contributed by atoms with E-state index in [4.69, 9.17) is 19.4 Å².